The van der Waals surface area contributed by atoms with E-state index in [0.717, 1.165) is 39.7 Å². The number of hydrogen-bond acceptors (Lipinski definition) is 3. The Hall–Kier alpha value is -8.76. The van der Waals surface area contributed by atoms with Crippen LogP contribution in [0.5, 0.6) is 11.5 Å². The number of rotatable bonds is 7. The third kappa shape index (κ3) is 6.19. The summed E-state index contributed by atoms with van der Waals surface area (Å²) in [6.45, 7) is 0. The number of ether oxygens (including phenoxy) is 1. The average molecular weight is 910 g/mol. The third-order valence-corrected chi connectivity index (χ3v) is 15.7. The molecule has 328 valence electrons. The van der Waals surface area contributed by atoms with E-state index in [-0.39, 0.29) is 0 Å². The Bertz CT molecular complexity index is 3950. The molecule has 0 atom stereocenters. The van der Waals surface area contributed by atoms with E-state index >= 15 is 0 Å². The van der Waals surface area contributed by atoms with Crippen LogP contribution in [-0.2, 0) is 5.41 Å². The molecule has 11 aromatic carbocycles. The van der Waals surface area contributed by atoms with Gasteiger partial charge in [0.1, 0.15) is 11.5 Å². The molecule has 0 saturated carbocycles. The lowest BCUT2D eigenvalue weighted by Crippen LogP contribution is -2.32. The monoisotopic (exact) mass is 909 g/mol. The third-order valence-electron chi connectivity index (χ3n) is 14.6. The van der Waals surface area contributed by atoms with Crippen molar-refractivity contribution in [2.24, 2.45) is 0 Å². The molecular weight excluding hydrogens is 867 g/mol. The van der Waals surface area contributed by atoms with E-state index in [4.69, 9.17) is 4.74 Å². The molecule has 3 heteroatoms. The van der Waals surface area contributed by atoms with Crippen LogP contribution in [0.1, 0.15) is 22.3 Å². The first-order valence-corrected chi connectivity index (χ1v) is 24.8. The van der Waals surface area contributed by atoms with Crippen LogP contribution in [0, 0.1) is 0 Å². The summed E-state index contributed by atoms with van der Waals surface area (Å²) in [5.41, 5.74) is 19.6. The molecule has 2 nitrogen and oxygen atoms in total. The maximum absolute atomic E-state index is 6.64. The van der Waals surface area contributed by atoms with Gasteiger partial charge in [0.05, 0.1) is 11.1 Å². The molecule has 1 aliphatic carbocycles. The minimum atomic E-state index is -0.531. The van der Waals surface area contributed by atoms with Crippen molar-refractivity contribution in [2.45, 2.75) is 5.41 Å². The second-order valence-corrected chi connectivity index (χ2v) is 19.4. The van der Waals surface area contributed by atoms with Crippen LogP contribution in [0.4, 0.5) is 17.1 Å². The normalized spacial score (nSPS) is 12.8. The van der Waals surface area contributed by atoms with Crippen LogP contribution in [0.15, 0.2) is 261 Å². The summed E-state index contributed by atoms with van der Waals surface area (Å²) in [5, 5.41) is 2.57. The smallest absolute Gasteiger partial charge is 0.132 e. The fourth-order valence-electron chi connectivity index (χ4n) is 11.6. The summed E-state index contributed by atoms with van der Waals surface area (Å²) in [6, 6.07) is 95.4. The van der Waals surface area contributed by atoms with E-state index in [1.54, 1.807) is 0 Å². The van der Waals surface area contributed by atoms with Crippen molar-refractivity contribution in [1.82, 2.24) is 0 Å². The van der Waals surface area contributed by atoms with Gasteiger partial charge in [0, 0.05) is 48.2 Å². The van der Waals surface area contributed by atoms with Crippen molar-refractivity contribution in [3.63, 3.8) is 0 Å². The first kappa shape index (κ1) is 40.3. The van der Waals surface area contributed by atoms with E-state index in [9.17, 15) is 0 Å². The molecule has 0 fully saturated rings. The predicted molar refractivity (Wildman–Crippen MR) is 293 cm³/mol. The maximum Gasteiger partial charge on any atom is 0.132 e. The van der Waals surface area contributed by atoms with Gasteiger partial charge in [-0.1, -0.05) is 206 Å². The van der Waals surface area contributed by atoms with Crippen LogP contribution >= 0.6 is 11.3 Å². The topological polar surface area (TPSA) is 12.5 Å². The maximum atomic E-state index is 6.64. The van der Waals surface area contributed by atoms with Gasteiger partial charge in [-0.2, -0.15) is 0 Å². The minimum absolute atomic E-state index is 0.531. The van der Waals surface area contributed by atoms with Crippen LogP contribution in [-0.4, -0.2) is 0 Å². The zero-order chi connectivity index (χ0) is 46.2. The summed E-state index contributed by atoms with van der Waals surface area (Å²) in [5.74, 6) is 1.80. The molecule has 2 aliphatic rings. The Morgan fingerprint density at radius 1 is 0.300 bits per heavy atom. The first-order chi connectivity index (χ1) is 34.7. The number of thiophene rings is 1. The largest absolute Gasteiger partial charge is 0.457 e. The van der Waals surface area contributed by atoms with Crippen molar-refractivity contribution in [3.8, 4) is 67.1 Å². The number of benzene rings is 11. The van der Waals surface area contributed by atoms with Crippen LogP contribution < -0.4 is 9.64 Å². The molecule has 1 spiro atoms. The molecule has 14 rings (SSSR count). The highest BCUT2D eigenvalue weighted by Crippen LogP contribution is 2.62. The van der Waals surface area contributed by atoms with Gasteiger partial charge in [0.2, 0.25) is 0 Å². The van der Waals surface area contributed by atoms with Gasteiger partial charge in [0.25, 0.3) is 0 Å². The Morgan fingerprint density at radius 2 is 0.814 bits per heavy atom. The predicted octanol–water partition coefficient (Wildman–Crippen LogP) is 18.7. The molecular formula is C67H43NOS. The Kier molecular flexibility index (Phi) is 9.33. The Morgan fingerprint density at radius 3 is 1.56 bits per heavy atom. The summed E-state index contributed by atoms with van der Waals surface area (Å²) in [6.07, 6.45) is 0. The van der Waals surface area contributed by atoms with Gasteiger partial charge >= 0.3 is 0 Å². The van der Waals surface area contributed by atoms with E-state index in [2.05, 4.69) is 266 Å². The molecule has 0 saturated heterocycles. The highest BCUT2D eigenvalue weighted by molar-refractivity contribution is 7.25. The average Bonchev–Trinajstić information content (AvgIpc) is 3.95. The lowest BCUT2D eigenvalue weighted by molar-refractivity contribution is 0.436. The molecule has 12 aromatic rings. The molecule has 0 N–H and O–H groups in total. The first-order valence-electron chi connectivity index (χ1n) is 24.0. The number of para-hydroxylation sites is 3. The van der Waals surface area contributed by atoms with Crippen molar-refractivity contribution in [1.29, 1.82) is 0 Å². The summed E-state index contributed by atoms with van der Waals surface area (Å²) >= 11 is 1.85. The summed E-state index contributed by atoms with van der Waals surface area (Å²) in [7, 11) is 0. The van der Waals surface area contributed by atoms with Crippen molar-refractivity contribution in [2.75, 3.05) is 4.90 Å². The highest BCUT2D eigenvalue weighted by atomic mass is 32.1. The number of nitrogens with zero attached hydrogens (tertiary/aromatic N) is 1. The molecule has 1 aromatic heterocycles. The molecule has 1 aliphatic heterocycles. The molecule has 0 amide bonds. The van der Waals surface area contributed by atoms with Crippen molar-refractivity contribution >= 4 is 48.6 Å². The quantitative estimate of drug-likeness (QED) is 0.158. The van der Waals surface area contributed by atoms with Gasteiger partial charge < -0.3 is 9.64 Å². The van der Waals surface area contributed by atoms with E-state index < -0.39 is 5.41 Å². The standard InChI is InChI=1S/C67H43NOS/c1-2-18-45(19-3-1)49-20-4-5-21-50(49)51-22-6-7-23-52(51)55-25-9-14-30-62(55)68(48-39-41-57-56-26-10-17-33-65(56)70-66(57)43-48)47-37-34-44(35-38-47)46-36-40-54-53-24-8-11-27-58(53)67(61(54)42-46)59-28-12-15-31-63(59)69-64-32-16-13-29-60(64)67/h1-43H. The van der Waals surface area contributed by atoms with E-state index in [0.29, 0.717) is 0 Å². The molecule has 70 heavy (non-hydrogen) atoms. The number of fused-ring (bicyclic) bond motifs is 12. The van der Waals surface area contributed by atoms with Gasteiger partial charge in [-0.3, -0.25) is 0 Å². The van der Waals surface area contributed by atoms with Crippen LogP contribution in [0.25, 0.3) is 75.8 Å². The summed E-state index contributed by atoms with van der Waals surface area (Å²) < 4.78 is 9.20. The lowest BCUT2D eigenvalue weighted by atomic mass is 9.66. The van der Waals surface area contributed by atoms with Gasteiger partial charge in [-0.05, 0) is 116 Å². The second-order valence-electron chi connectivity index (χ2n) is 18.3. The lowest BCUT2D eigenvalue weighted by Gasteiger charge is -2.39. The Balaban J connectivity index is 0.932. The molecule has 0 bridgehead atoms. The highest BCUT2D eigenvalue weighted by Gasteiger charge is 2.51. The Labute approximate surface area is 411 Å². The molecule has 0 radical (unpaired) electrons. The fraction of sp³-hybridized carbons (Fsp3) is 0.0149. The molecule has 2 heterocycles. The van der Waals surface area contributed by atoms with Crippen molar-refractivity contribution in [3.05, 3.63) is 283 Å². The second kappa shape index (κ2) is 16.2. The van der Waals surface area contributed by atoms with Gasteiger partial charge in [-0.25, -0.2) is 0 Å². The number of hydrogen-bond donors (Lipinski definition) is 0. The zero-order valence-corrected chi connectivity index (χ0v) is 38.9. The van der Waals surface area contributed by atoms with Gasteiger partial charge in [0.15, 0.2) is 0 Å². The van der Waals surface area contributed by atoms with E-state index in [1.165, 1.54) is 86.9 Å². The van der Waals surface area contributed by atoms with Crippen LogP contribution in [0.2, 0.25) is 0 Å². The molecule has 0 unspecified atom stereocenters. The van der Waals surface area contributed by atoms with Crippen LogP contribution in [0.3, 0.4) is 0 Å². The fourth-order valence-corrected chi connectivity index (χ4v) is 12.7. The number of anilines is 3. The van der Waals surface area contributed by atoms with Crippen molar-refractivity contribution < 1.29 is 4.74 Å². The van der Waals surface area contributed by atoms with Gasteiger partial charge in [-0.15, -0.1) is 11.3 Å². The minimum Gasteiger partial charge on any atom is -0.457 e. The zero-order valence-electron chi connectivity index (χ0n) is 38.1. The van der Waals surface area contributed by atoms with E-state index in [1.807, 2.05) is 11.3 Å². The summed E-state index contributed by atoms with van der Waals surface area (Å²) in [4.78, 5) is 2.45. The SMILES string of the molecule is c1ccc(-c2ccccc2-c2ccccc2-c2ccccc2N(c2ccc(-c3ccc4c(c3)C3(c5ccccc5Oc5ccccc53)c3ccccc3-4)cc2)c2ccc3c(c2)sc2ccccc23)cc1.